The zero-order valence-electron chi connectivity index (χ0n) is 54.3. The summed E-state index contributed by atoms with van der Waals surface area (Å²) in [5.74, 6) is -3.71. The Morgan fingerprint density at radius 2 is 0.680 bits per heavy atom. The molecule has 0 aliphatic carbocycles. The molecular formula is C45H91Cl7N7O30P3S5. The van der Waals surface area contributed by atoms with Crippen LogP contribution in [0.2, 0.25) is 0 Å². The van der Waals surface area contributed by atoms with Crippen LogP contribution in [0.3, 0.4) is 0 Å². The van der Waals surface area contributed by atoms with Gasteiger partial charge >= 0.3 is 151 Å². The molecule has 0 saturated carbocycles. The third-order valence-electron chi connectivity index (χ3n) is 13.2. The summed E-state index contributed by atoms with van der Waals surface area (Å²) in [5, 5.41) is 27.2. The van der Waals surface area contributed by atoms with Gasteiger partial charge in [-0.25, -0.2) is 0 Å². The zero-order chi connectivity index (χ0) is 76.7. The van der Waals surface area contributed by atoms with Crippen molar-refractivity contribution in [3.8, 4) is 0 Å². The minimum atomic E-state index is -4.19. The van der Waals surface area contributed by atoms with Crippen LogP contribution >= 0.6 is 99.7 Å². The number of nitrogens with one attached hydrogen (secondary N) is 1. The minimum Gasteiger partial charge on any atom is -0.480 e. The number of carbonyl (C=O) groups is 7. The number of aliphatic carboxylic acids is 2. The van der Waals surface area contributed by atoms with Gasteiger partial charge in [-0.05, 0) is 96.4 Å². The van der Waals surface area contributed by atoms with Crippen LogP contribution in [-0.4, -0.2) is 288 Å². The van der Waals surface area contributed by atoms with E-state index in [9.17, 15) is 67.2 Å². The SMILES string of the molecule is C.CO.COC(=O)C1CCCN1.COC(=O)C1CCCN1P.COC(=O)C1CCCN1S(=O)(=O)Cl.COC(=O)C1CCCN1S(=O)(=O)OC.COC(=O)C1CCCN1S(=O)(=O)OC.COS(=O)(=O)N1CCCC1C(=O)O.ClP(Cl)(Cl)(Cl)Cl.O=C(O)C1CCCN1P.O=S(=O)(O)Cl.[2H]O. The fourth-order valence-corrected chi connectivity index (χ4v) is 14.3. The van der Waals surface area contributed by atoms with E-state index in [4.69, 9.17) is 102 Å². The molecule has 7 aliphatic heterocycles. The molecule has 7 N–H and O–H groups in total. The van der Waals surface area contributed by atoms with E-state index in [0.717, 1.165) is 104 Å². The Labute approximate surface area is 606 Å². The number of nitrogens with zero attached hydrogens (tertiary/aromatic N) is 6. The van der Waals surface area contributed by atoms with Crippen LogP contribution in [-0.2, 0) is 119 Å². The fraction of sp³-hybridized carbons (Fsp3) is 0.844. The predicted molar refractivity (Wildman–Crippen MR) is 369 cm³/mol. The number of hydrogen-bond donors (Lipinski definition) is 5. The van der Waals surface area contributed by atoms with Gasteiger partial charge in [0.05, 0.1) is 56.9 Å². The standard InChI is InChI=1S/2C7H13NO5S.C6H10ClNO4S.C6H11NO5S.C6H12NO2P.C6H11NO2.C5H10NO2P.CH4O.CH4.Cl5P.ClHO3S.H2O/c2*1-12-7(9)6-4-3-5-8(6)14(10,11)13-2;1-12-6(9)5-3-2-4-8(5)13(7,10)11;1-12-13(10,11)7-4-2-3-5(7)6(8)9;1-9-6(8)5-3-2-4-7(5)10;1-9-6(8)5-3-2-4-7-5;7-5(8)4-2-1-3-6(4)9;1-2;;1-6(2,3,4)5;1-5(2,3)4;/h2*6H,3-5H2,1-2H3;5H,2-4H2,1H3;5H,2-4H2,1H3,(H,8,9);5H,2-4,10H2,1H3;5,7H,2-4H2,1H3;4H,1-3,9H2,(H,7,8);2H,1H3;1H4;;(H,2,3,4);1H2/i/hD. The van der Waals surface area contributed by atoms with E-state index in [1.165, 1.54) is 35.5 Å². The molecule has 9 unspecified atom stereocenters. The van der Waals surface area contributed by atoms with Crippen molar-refractivity contribution in [1.29, 1.82) is 0 Å². The fourth-order valence-electron chi connectivity index (χ4n) is 8.93. The van der Waals surface area contributed by atoms with Crippen LogP contribution in [0.5, 0.6) is 0 Å². The molecule has 0 aromatic rings. The van der Waals surface area contributed by atoms with E-state index >= 15 is 0 Å². The van der Waals surface area contributed by atoms with Gasteiger partial charge in [0.1, 0.15) is 42.3 Å². The first-order valence-corrected chi connectivity index (χ1v) is 43.7. The van der Waals surface area contributed by atoms with Crippen LogP contribution in [0.4, 0.5) is 0 Å². The average molecular weight is 1710 g/mol. The molecule has 7 aliphatic rings. The van der Waals surface area contributed by atoms with Gasteiger partial charge in [0.15, 0.2) is 0 Å². The number of carboxylic acids is 2. The number of esters is 5. The van der Waals surface area contributed by atoms with E-state index in [0.29, 0.717) is 64.5 Å². The zero-order valence-corrected chi connectivity index (χ0v) is 65.9. The normalized spacial score (nSPS) is 23.2. The van der Waals surface area contributed by atoms with Crippen LogP contribution in [0, 0.1) is 0 Å². The second-order valence-corrected chi connectivity index (χ2v) is 46.5. The molecule has 37 nitrogen and oxygen atoms in total. The quantitative estimate of drug-likeness (QED) is 0.0548. The topological polar surface area (TPSA) is 508 Å². The van der Waals surface area contributed by atoms with Crippen molar-refractivity contribution in [2.24, 2.45) is 0 Å². The maximum absolute atomic E-state index is 11.3. The smallest absolute Gasteiger partial charge is 0.353 e. The monoisotopic (exact) mass is 1710 g/mol. The molecule has 7 rings (SSSR count). The molecule has 0 bridgehead atoms. The molecule has 7 saturated heterocycles. The molecule has 0 radical (unpaired) electrons. The van der Waals surface area contributed by atoms with Gasteiger partial charge in [-0.1, -0.05) is 26.2 Å². The Bertz CT molecular complexity index is 2910. The maximum Gasteiger partial charge on any atom is 0.353 e. The Morgan fingerprint density at radius 3 is 0.907 bits per heavy atom. The van der Waals surface area contributed by atoms with E-state index in [2.05, 4.69) is 71.0 Å². The van der Waals surface area contributed by atoms with E-state index in [1.807, 2.05) is 4.67 Å². The molecule has 7 fully saturated rings. The Kier molecular flexibility index (Phi) is 53.0. The number of methoxy groups -OCH3 is 5. The van der Waals surface area contributed by atoms with Crippen molar-refractivity contribution in [1.82, 2.24) is 31.9 Å². The third kappa shape index (κ3) is 43.7. The van der Waals surface area contributed by atoms with Crippen molar-refractivity contribution in [2.45, 2.75) is 140 Å². The van der Waals surface area contributed by atoms with Crippen LogP contribution in [0.25, 0.3) is 0 Å². The molecule has 0 aromatic heterocycles. The summed E-state index contributed by atoms with van der Waals surface area (Å²) in [7, 11) is 5.49. The van der Waals surface area contributed by atoms with Crippen molar-refractivity contribution in [2.75, 3.05) is 110 Å². The Balaban J connectivity index is -0.000000333. The number of halogens is 7. The number of carbonyl (C=O) groups excluding carboxylic acids is 5. The number of rotatable bonds is 14. The van der Waals surface area contributed by atoms with Gasteiger partial charge in [-0.15, -0.1) is 0 Å². The number of hydrogen-bond acceptors (Lipinski definition) is 29. The molecule has 97 heavy (non-hydrogen) atoms. The first-order valence-electron chi connectivity index (χ1n) is 27.8. The predicted octanol–water partition coefficient (Wildman–Crippen LogP) is 2.97. The largest absolute Gasteiger partial charge is 0.480 e. The summed E-state index contributed by atoms with van der Waals surface area (Å²) in [4.78, 5) is 76.1. The summed E-state index contributed by atoms with van der Waals surface area (Å²) in [5.41, 5.74) is 6.25. The molecule has 0 aromatic carbocycles. The van der Waals surface area contributed by atoms with Gasteiger partial charge in [-0.2, -0.15) is 59.3 Å². The summed E-state index contributed by atoms with van der Waals surface area (Å²) in [6.07, 6.45) is 10.1. The van der Waals surface area contributed by atoms with Crippen molar-refractivity contribution in [3.63, 3.8) is 0 Å². The van der Waals surface area contributed by atoms with Crippen LogP contribution in [0.15, 0.2) is 0 Å². The second-order valence-electron chi connectivity index (χ2n) is 19.2. The number of aliphatic hydroxyl groups is 1. The first kappa shape index (κ1) is 102. The van der Waals surface area contributed by atoms with Gasteiger partial charge in [0.25, 0.3) is 0 Å². The number of ether oxygens (including phenoxy) is 5. The molecule has 0 amide bonds. The maximum atomic E-state index is 11.3. The second kappa shape index (κ2) is 50.3. The molecule has 9 atom stereocenters. The molecule has 52 heteroatoms. The molecule has 580 valence electrons. The summed E-state index contributed by atoms with van der Waals surface area (Å²) in [6, 6.07) is -3.48. The van der Waals surface area contributed by atoms with Gasteiger partial charge < -0.3 is 49.8 Å². The Hall–Kier alpha value is -1.16. The van der Waals surface area contributed by atoms with E-state index < -0.39 is 107 Å². The van der Waals surface area contributed by atoms with Crippen molar-refractivity contribution >= 4 is 191 Å². The Morgan fingerprint density at radius 1 is 0.443 bits per heavy atom. The van der Waals surface area contributed by atoms with Gasteiger partial charge in [0, 0.05) is 67.7 Å². The summed E-state index contributed by atoms with van der Waals surface area (Å²) < 4.78 is 159. The van der Waals surface area contributed by atoms with E-state index in [-0.39, 0.29) is 50.6 Å². The first-order chi connectivity index (χ1) is 44.5. The van der Waals surface area contributed by atoms with E-state index in [1.54, 1.807) is 4.67 Å². The number of aliphatic hydroxyl groups excluding tert-OH is 1. The molecular weight excluding hydrogens is 1620 g/mol. The summed E-state index contributed by atoms with van der Waals surface area (Å²) in [6.45, 7) is 3.91. The molecule has 7 heterocycles. The van der Waals surface area contributed by atoms with Crippen LogP contribution in [0.1, 0.15) is 98.7 Å². The average Bonchev–Trinajstić information content (AvgIpc) is 1.68. The number of carboxylic acid groups (broad SMARTS) is 2. The molecule has 0 spiro atoms. The minimum absolute atomic E-state index is 0. The van der Waals surface area contributed by atoms with Gasteiger partial charge in [0.2, 0.25) is 1.43 Å². The van der Waals surface area contributed by atoms with Gasteiger partial charge in [-0.3, -0.25) is 60.0 Å². The third-order valence-corrected chi connectivity index (χ3v) is 20.2. The summed E-state index contributed by atoms with van der Waals surface area (Å²) >= 11 is 24.9. The van der Waals surface area contributed by atoms with Crippen LogP contribution < -0.4 is 5.32 Å². The van der Waals surface area contributed by atoms with Crippen molar-refractivity contribution in [3.05, 3.63) is 0 Å². The van der Waals surface area contributed by atoms with Crippen molar-refractivity contribution < 1.29 is 139 Å².